The first-order valence-corrected chi connectivity index (χ1v) is 6.95. The molecule has 2 rings (SSSR count). The second-order valence-electron chi connectivity index (χ2n) is 4.19. The molecule has 0 bridgehead atoms. The van der Waals surface area contributed by atoms with E-state index in [-0.39, 0.29) is 22.4 Å². The van der Waals surface area contributed by atoms with Crippen molar-refractivity contribution in [1.82, 2.24) is 0 Å². The van der Waals surface area contributed by atoms with Crippen LogP contribution in [0.25, 0.3) is 0 Å². The Morgan fingerprint density at radius 1 is 1.05 bits per heavy atom. The Morgan fingerprint density at radius 2 is 1.70 bits per heavy atom. The zero-order chi connectivity index (χ0) is 14.7. The van der Waals surface area contributed by atoms with E-state index in [1.807, 2.05) is 0 Å². The van der Waals surface area contributed by atoms with Gasteiger partial charge in [0.25, 0.3) is 0 Å². The highest BCUT2D eigenvalue weighted by Gasteiger charge is 2.07. The van der Waals surface area contributed by atoms with Gasteiger partial charge in [-0.3, -0.25) is 0 Å². The van der Waals surface area contributed by atoms with Crippen molar-refractivity contribution in [2.45, 2.75) is 6.92 Å². The monoisotopic (exact) mass is 356 g/mol. The van der Waals surface area contributed by atoms with Crippen molar-refractivity contribution in [1.29, 1.82) is 0 Å². The SMILES string of the molecule is Cc1ccc(NC(=S)Nc2ccc(F)cc2Br)c(F)c1. The Morgan fingerprint density at radius 3 is 2.35 bits per heavy atom. The van der Waals surface area contributed by atoms with Gasteiger partial charge in [0.2, 0.25) is 0 Å². The van der Waals surface area contributed by atoms with Crippen molar-refractivity contribution >= 4 is 44.6 Å². The summed E-state index contributed by atoms with van der Waals surface area (Å²) >= 11 is 8.32. The van der Waals surface area contributed by atoms with Gasteiger partial charge >= 0.3 is 0 Å². The summed E-state index contributed by atoms with van der Waals surface area (Å²) in [6.45, 7) is 1.80. The number of benzene rings is 2. The number of hydrogen-bond acceptors (Lipinski definition) is 1. The van der Waals surface area contributed by atoms with Gasteiger partial charge in [-0.05, 0) is 71.0 Å². The maximum absolute atomic E-state index is 13.7. The van der Waals surface area contributed by atoms with Gasteiger partial charge in [-0.1, -0.05) is 6.07 Å². The minimum absolute atomic E-state index is 0.222. The fourth-order valence-electron chi connectivity index (χ4n) is 1.59. The highest BCUT2D eigenvalue weighted by atomic mass is 79.9. The van der Waals surface area contributed by atoms with Crippen LogP contribution < -0.4 is 10.6 Å². The lowest BCUT2D eigenvalue weighted by Gasteiger charge is -2.12. The third-order valence-electron chi connectivity index (χ3n) is 2.55. The fourth-order valence-corrected chi connectivity index (χ4v) is 2.26. The fraction of sp³-hybridized carbons (Fsp3) is 0.0714. The van der Waals surface area contributed by atoms with E-state index >= 15 is 0 Å². The van der Waals surface area contributed by atoms with E-state index in [0.717, 1.165) is 5.56 Å². The third-order valence-corrected chi connectivity index (χ3v) is 3.41. The van der Waals surface area contributed by atoms with Gasteiger partial charge in [0.05, 0.1) is 11.4 Å². The molecule has 0 aliphatic carbocycles. The van der Waals surface area contributed by atoms with E-state index in [0.29, 0.717) is 10.2 Å². The summed E-state index contributed by atoms with van der Waals surface area (Å²) in [5, 5.41) is 5.85. The third kappa shape index (κ3) is 3.74. The normalized spacial score (nSPS) is 10.2. The summed E-state index contributed by atoms with van der Waals surface area (Å²) in [6.07, 6.45) is 0. The molecule has 0 amide bonds. The number of thiocarbonyl (C=S) groups is 1. The molecule has 0 radical (unpaired) electrons. The molecule has 0 spiro atoms. The number of hydrogen-bond donors (Lipinski definition) is 2. The van der Waals surface area contributed by atoms with E-state index in [1.165, 1.54) is 18.2 Å². The molecule has 104 valence electrons. The van der Waals surface area contributed by atoms with Gasteiger partial charge < -0.3 is 10.6 Å². The van der Waals surface area contributed by atoms with E-state index < -0.39 is 0 Å². The maximum atomic E-state index is 13.7. The zero-order valence-corrected chi connectivity index (χ0v) is 12.9. The quantitative estimate of drug-likeness (QED) is 0.752. The molecule has 0 unspecified atom stereocenters. The van der Waals surface area contributed by atoms with Crippen LogP contribution in [0, 0.1) is 18.6 Å². The summed E-state index contributed by atoms with van der Waals surface area (Å²) < 4.78 is 27.2. The smallest absolute Gasteiger partial charge is 0.175 e. The Labute approximate surface area is 129 Å². The van der Waals surface area contributed by atoms with Crippen LogP contribution in [-0.2, 0) is 0 Å². The molecule has 0 aromatic heterocycles. The molecule has 2 aromatic rings. The van der Waals surface area contributed by atoms with Gasteiger partial charge in [-0.2, -0.15) is 0 Å². The molecule has 2 nitrogen and oxygen atoms in total. The minimum atomic E-state index is -0.382. The second kappa shape index (κ2) is 6.28. The molecular weight excluding hydrogens is 346 g/mol. The Balaban J connectivity index is 2.09. The molecule has 0 aliphatic heterocycles. The zero-order valence-electron chi connectivity index (χ0n) is 10.5. The van der Waals surface area contributed by atoms with Crippen LogP contribution in [0.5, 0.6) is 0 Å². The lowest BCUT2D eigenvalue weighted by Crippen LogP contribution is -2.20. The van der Waals surface area contributed by atoms with E-state index in [1.54, 1.807) is 25.1 Å². The van der Waals surface area contributed by atoms with E-state index in [9.17, 15) is 8.78 Å². The van der Waals surface area contributed by atoms with Gasteiger partial charge in [0, 0.05) is 4.47 Å². The van der Waals surface area contributed by atoms with Crippen molar-refractivity contribution in [2.75, 3.05) is 10.6 Å². The molecule has 0 atom stereocenters. The van der Waals surface area contributed by atoms with Crippen LogP contribution in [-0.4, -0.2) is 5.11 Å². The molecule has 2 aromatic carbocycles. The van der Waals surface area contributed by atoms with Crippen LogP contribution >= 0.6 is 28.1 Å². The first-order chi connectivity index (χ1) is 9.45. The van der Waals surface area contributed by atoms with Crippen LogP contribution in [0.15, 0.2) is 40.9 Å². The lowest BCUT2D eigenvalue weighted by atomic mass is 10.2. The molecule has 0 aliphatic rings. The number of halogens is 3. The first kappa shape index (κ1) is 14.9. The van der Waals surface area contributed by atoms with Crippen LogP contribution in [0.4, 0.5) is 20.2 Å². The topological polar surface area (TPSA) is 24.1 Å². The predicted octanol–water partition coefficient (Wildman–Crippen LogP) is 4.84. The van der Waals surface area contributed by atoms with Gasteiger partial charge in [0.15, 0.2) is 5.11 Å². The van der Waals surface area contributed by atoms with Gasteiger partial charge in [-0.15, -0.1) is 0 Å². The summed E-state index contributed by atoms with van der Waals surface area (Å²) in [6, 6.07) is 8.97. The molecule has 0 heterocycles. The summed E-state index contributed by atoms with van der Waals surface area (Å²) in [4.78, 5) is 0. The van der Waals surface area contributed by atoms with Crippen LogP contribution in [0.2, 0.25) is 0 Å². The van der Waals surface area contributed by atoms with E-state index in [2.05, 4.69) is 26.6 Å². The standard InChI is InChI=1S/C14H11BrF2N2S/c1-8-2-4-13(11(17)6-8)19-14(20)18-12-5-3-9(16)7-10(12)15/h2-7H,1H3,(H2,18,19,20). The highest BCUT2D eigenvalue weighted by Crippen LogP contribution is 2.23. The van der Waals surface area contributed by atoms with Crippen molar-refractivity contribution in [2.24, 2.45) is 0 Å². The number of anilines is 2. The maximum Gasteiger partial charge on any atom is 0.175 e. The van der Waals surface area contributed by atoms with Crippen LogP contribution in [0.1, 0.15) is 5.56 Å². The van der Waals surface area contributed by atoms with Crippen molar-refractivity contribution in [3.63, 3.8) is 0 Å². The van der Waals surface area contributed by atoms with Crippen molar-refractivity contribution < 1.29 is 8.78 Å². The molecule has 0 saturated heterocycles. The molecule has 20 heavy (non-hydrogen) atoms. The second-order valence-corrected chi connectivity index (χ2v) is 5.45. The van der Waals surface area contributed by atoms with Crippen molar-refractivity contribution in [3.8, 4) is 0 Å². The molecule has 0 fully saturated rings. The molecular formula is C14H11BrF2N2S. The van der Waals surface area contributed by atoms with Crippen molar-refractivity contribution in [3.05, 3.63) is 58.1 Å². The number of nitrogens with one attached hydrogen (secondary N) is 2. The summed E-state index contributed by atoms with van der Waals surface area (Å²) in [5.74, 6) is -0.738. The Bertz CT molecular complexity index is 606. The highest BCUT2D eigenvalue weighted by molar-refractivity contribution is 9.10. The summed E-state index contributed by atoms with van der Waals surface area (Å²) in [5.41, 5.74) is 1.70. The average molecular weight is 357 g/mol. The van der Waals surface area contributed by atoms with Gasteiger partial charge in [0.1, 0.15) is 11.6 Å². The lowest BCUT2D eigenvalue weighted by molar-refractivity contribution is 0.627. The Kier molecular flexibility index (Phi) is 4.67. The largest absolute Gasteiger partial charge is 0.332 e. The first-order valence-electron chi connectivity index (χ1n) is 5.75. The Hall–Kier alpha value is -1.53. The molecule has 6 heteroatoms. The number of aryl methyl sites for hydroxylation is 1. The van der Waals surface area contributed by atoms with E-state index in [4.69, 9.17) is 12.2 Å². The predicted molar refractivity (Wildman–Crippen MR) is 85.1 cm³/mol. The molecule has 0 saturated carbocycles. The number of rotatable bonds is 2. The van der Waals surface area contributed by atoms with Crippen LogP contribution in [0.3, 0.4) is 0 Å². The molecule has 2 N–H and O–H groups in total. The van der Waals surface area contributed by atoms with Gasteiger partial charge in [-0.25, -0.2) is 8.78 Å². The average Bonchev–Trinajstić information content (AvgIpc) is 2.36. The summed E-state index contributed by atoms with van der Waals surface area (Å²) in [7, 11) is 0. The minimum Gasteiger partial charge on any atom is -0.332 e.